The Bertz CT molecular complexity index is 552. The Kier molecular flexibility index (Phi) is 4.31. The first-order chi connectivity index (χ1) is 9.22. The molecule has 0 heterocycles. The maximum atomic E-state index is 12.1. The van der Waals surface area contributed by atoms with Crippen LogP contribution in [-0.2, 0) is 0 Å². The lowest BCUT2D eigenvalue weighted by molar-refractivity contribution is 0.102. The third-order valence-corrected chi connectivity index (χ3v) is 3.14. The normalized spacial score (nSPS) is 11.9. The molecule has 0 radical (unpaired) electrons. The molecule has 2 rings (SSSR count). The van der Waals surface area contributed by atoms with Crippen LogP contribution in [0.15, 0.2) is 54.6 Å². The lowest BCUT2D eigenvalue weighted by Gasteiger charge is -2.16. The molecule has 1 atom stereocenters. The van der Waals surface area contributed by atoms with Crippen molar-refractivity contribution in [3.05, 3.63) is 65.7 Å². The van der Waals surface area contributed by atoms with Crippen LogP contribution in [0, 0.1) is 0 Å². The summed E-state index contributed by atoms with van der Waals surface area (Å²) >= 11 is 0. The van der Waals surface area contributed by atoms with E-state index in [4.69, 9.17) is 0 Å². The van der Waals surface area contributed by atoms with E-state index in [-0.39, 0.29) is 11.9 Å². The van der Waals surface area contributed by atoms with Crippen molar-refractivity contribution < 1.29 is 4.79 Å². The van der Waals surface area contributed by atoms with E-state index in [9.17, 15) is 4.79 Å². The van der Waals surface area contributed by atoms with Gasteiger partial charge in [0.15, 0.2) is 0 Å². The molecule has 2 aromatic rings. The van der Waals surface area contributed by atoms with Gasteiger partial charge in [0.05, 0.1) is 0 Å². The third kappa shape index (κ3) is 3.20. The Balaban J connectivity index is 2.22. The average molecular weight is 254 g/mol. The van der Waals surface area contributed by atoms with Gasteiger partial charge in [-0.2, -0.15) is 0 Å². The van der Waals surface area contributed by atoms with E-state index in [1.165, 1.54) is 0 Å². The summed E-state index contributed by atoms with van der Waals surface area (Å²) in [4.78, 5) is 12.1. The van der Waals surface area contributed by atoms with Gasteiger partial charge in [0.2, 0.25) is 0 Å². The molecule has 0 fully saturated rings. The Labute approximate surface area is 113 Å². The summed E-state index contributed by atoms with van der Waals surface area (Å²) in [6, 6.07) is 17.2. The molecule has 1 unspecified atom stereocenters. The monoisotopic (exact) mass is 254 g/mol. The van der Waals surface area contributed by atoms with Crippen molar-refractivity contribution in [2.45, 2.75) is 13.0 Å². The van der Waals surface area contributed by atoms with Gasteiger partial charge >= 0.3 is 0 Å². The highest BCUT2D eigenvalue weighted by Crippen LogP contribution is 2.22. The molecular weight excluding hydrogens is 236 g/mol. The average Bonchev–Trinajstić information content (AvgIpc) is 2.48. The zero-order valence-corrected chi connectivity index (χ0v) is 11.2. The number of amides is 1. The van der Waals surface area contributed by atoms with E-state index in [1.807, 2.05) is 49.5 Å². The number of benzene rings is 2. The van der Waals surface area contributed by atoms with Crippen molar-refractivity contribution in [3.63, 3.8) is 0 Å². The number of nitrogens with one attached hydrogen (secondary N) is 2. The molecule has 0 aliphatic carbocycles. The number of para-hydroxylation sites is 1. The first-order valence-corrected chi connectivity index (χ1v) is 6.35. The number of rotatable bonds is 4. The third-order valence-electron chi connectivity index (χ3n) is 3.14. The second kappa shape index (κ2) is 6.16. The van der Waals surface area contributed by atoms with Gasteiger partial charge in [-0.15, -0.1) is 0 Å². The molecule has 2 N–H and O–H groups in total. The van der Waals surface area contributed by atoms with E-state index in [1.54, 1.807) is 12.1 Å². The van der Waals surface area contributed by atoms with Gasteiger partial charge in [0, 0.05) is 17.3 Å². The second-order valence-corrected chi connectivity index (χ2v) is 4.42. The van der Waals surface area contributed by atoms with Crippen LogP contribution in [0.3, 0.4) is 0 Å². The largest absolute Gasteiger partial charge is 0.322 e. The number of hydrogen-bond acceptors (Lipinski definition) is 2. The van der Waals surface area contributed by atoms with Crippen molar-refractivity contribution in [1.29, 1.82) is 0 Å². The molecule has 0 spiro atoms. The molecule has 0 aliphatic rings. The molecule has 19 heavy (non-hydrogen) atoms. The smallest absolute Gasteiger partial charge is 0.255 e. The van der Waals surface area contributed by atoms with Crippen molar-refractivity contribution in [2.24, 2.45) is 0 Å². The predicted octanol–water partition coefficient (Wildman–Crippen LogP) is 3.22. The topological polar surface area (TPSA) is 41.1 Å². The number of carbonyl (C=O) groups is 1. The molecule has 3 heteroatoms. The maximum Gasteiger partial charge on any atom is 0.255 e. The zero-order valence-electron chi connectivity index (χ0n) is 11.2. The van der Waals surface area contributed by atoms with Crippen LogP contribution < -0.4 is 10.6 Å². The minimum Gasteiger partial charge on any atom is -0.322 e. The fourth-order valence-electron chi connectivity index (χ4n) is 1.93. The van der Waals surface area contributed by atoms with Crippen molar-refractivity contribution >= 4 is 11.6 Å². The van der Waals surface area contributed by atoms with Crippen LogP contribution in [0.2, 0.25) is 0 Å². The van der Waals surface area contributed by atoms with E-state index < -0.39 is 0 Å². The highest BCUT2D eigenvalue weighted by molar-refractivity contribution is 6.04. The van der Waals surface area contributed by atoms with E-state index >= 15 is 0 Å². The van der Waals surface area contributed by atoms with Crippen LogP contribution in [-0.4, -0.2) is 13.0 Å². The van der Waals surface area contributed by atoms with Crippen LogP contribution >= 0.6 is 0 Å². The number of hydrogen-bond donors (Lipinski definition) is 2. The molecule has 98 valence electrons. The van der Waals surface area contributed by atoms with E-state index in [0.29, 0.717) is 5.56 Å². The summed E-state index contributed by atoms with van der Waals surface area (Å²) in [6.07, 6.45) is 0. The van der Waals surface area contributed by atoms with Crippen molar-refractivity contribution in [2.75, 3.05) is 12.4 Å². The quantitative estimate of drug-likeness (QED) is 0.879. The first-order valence-electron chi connectivity index (χ1n) is 6.35. The minimum atomic E-state index is -0.0867. The fourth-order valence-corrected chi connectivity index (χ4v) is 1.93. The molecule has 0 aromatic heterocycles. The first kappa shape index (κ1) is 13.3. The zero-order chi connectivity index (χ0) is 13.7. The lowest BCUT2D eigenvalue weighted by atomic mass is 10.1. The van der Waals surface area contributed by atoms with E-state index in [2.05, 4.69) is 17.6 Å². The van der Waals surface area contributed by atoms with Crippen LogP contribution in [0.5, 0.6) is 0 Å². The molecular formula is C16H18N2O. The molecule has 0 saturated carbocycles. The summed E-state index contributed by atoms with van der Waals surface area (Å²) in [7, 11) is 1.90. The molecule has 3 nitrogen and oxygen atoms in total. The number of carbonyl (C=O) groups excluding carboxylic acids is 1. The number of anilines is 1. The van der Waals surface area contributed by atoms with Gasteiger partial charge in [-0.05, 0) is 37.7 Å². The molecule has 0 aliphatic heterocycles. The van der Waals surface area contributed by atoms with Gasteiger partial charge in [-0.3, -0.25) is 4.79 Å². The SMILES string of the molecule is CNC(C)c1ccccc1NC(=O)c1ccccc1. The van der Waals surface area contributed by atoms with Crippen LogP contribution in [0.25, 0.3) is 0 Å². The maximum absolute atomic E-state index is 12.1. The van der Waals surface area contributed by atoms with Crippen molar-refractivity contribution in [3.8, 4) is 0 Å². The Morgan fingerprint density at radius 3 is 2.32 bits per heavy atom. The molecule has 0 bridgehead atoms. The van der Waals surface area contributed by atoms with Crippen LogP contribution in [0.4, 0.5) is 5.69 Å². The predicted molar refractivity (Wildman–Crippen MR) is 78.3 cm³/mol. The van der Waals surface area contributed by atoms with Gasteiger partial charge in [0.1, 0.15) is 0 Å². The van der Waals surface area contributed by atoms with E-state index in [0.717, 1.165) is 11.3 Å². The van der Waals surface area contributed by atoms with Crippen molar-refractivity contribution in [1.82, 2.24) is 5.32 Å². The molecule has 2 aromatic carbocycles. The molecule has 0 saturated heterocycles. The minimum absolute atomic E-state index is 0.0867. The van der Waals surface area contributed by atoms with Gasteiger partial charge in [-0.1, -0.05) is 36.4 Å². The summed E-state index contributed by atoms with van der Waals surface area (Å²) in [5.74, 6) is -0.0867. The van der Waals surface area contributed by atoms with Gasteiger partial charge in [-0.25, -0.2) is 0 Å². The Morgan fingerprint density at radius 1 is 1.00 bits per heavy atom. The molecule has 1 amide bonds. The Hall–Kier alpha value is -2.13. The summed E-state index contributed by atoms with van der Waals surface area (Å²) in [5, 5.41) is 6.15. The summed E-state index contributed by atoms with van der Waals surface area (Å²) < 4.78 is 0. The summed E-state index contributed by atoms with van der Waals surface area (Å²) in [5.41, 5.74) is 2.59. The fraction of sp³-hybridized carbons (Fsp3) is 0.188. The summed E-state index contributed by atoms with van der Waals surface area (Å²) in [6.45, 7) is 2.06. The standard InChI is InChI=1S/C16H18N2O/c1-12(17-2)14-10-6-7-11-15(14)18-16(19)13-8-4-3-5-9-13/h3-12,17H,1-2H3,(H,18,19). The Morgan fingerprint density at radius 2 is 1.63 bits per heavy atom. The van der Waals surface area contributed by atoms with Gasteiger partial charge in [0.25, 0.3) is 5.91 Å². The van der Waals surface area contributed by atoms with Gasteiger partial charge < -0.3 is 10.6 Å². The highest BCUT2D eigenvalue weighted by Gasteiger charge is 2.11. The van der Waals surface area contributed by atoms with Crippen LogP contribution in [0.1, 0.15) is 28.9 Å². The highest BCUT2D eigenvalue weighted by atomic mass is 16.1. The lowest BCUT2D eigenvalue weighted by Crippen LogP contribution is -2.17. The second-order valence-electron chi connectivity index (χ2n) is 4.42.